The van der Waals surface area contributed by atoms with Crippen LogP contribution in [-0.4, -0.2) is 42.0 Å². The average Bonchev–Trinajstić information content (AvgIpc) is 2.75. The summed E-state index contributed by atoms with van der Waals surface area (Å²) in [4.78, 5) is 21.7. The van der Waals surface area contributed by atoms with Gasteiger partial charge in [-0.25, -0.2) is 0 Å². The number of pyridine rings is 1. The standard InChI is InChI=1S/C24H26N4O/c1-19-6-5-9-22(14-19)26-24(29)21-15-23(17-25-16-21)28-12-10-27(11-13-28)18-20-7-3-2-4-8-20/h2-9,14-17H,10-13,18H2,1H3,(H,26,29). The zero-order chi connectivity index (χ0) is 20.1. The van der Waals surface area contributed by atoms with Crippen LogP contribution in [0, 0.1) is 6.92 Å². The molecule has 0 aliphatic carbocycles. The number of rotatable bonds is 5. The Morgan fingerprint density at radius 2 is 1.76 bits per heavy atom. The minimum Gasteiger partial charge on any atom is -0.368 e. The zero-order valence-electron chi connectivity index (χ0n) is 16.7. The molecule has 0 unspecified atom stereocenters. The molecule has 1 N–H and O–H groups in total. The van der Waals surface area contributed by atoms with Crippen molar-refractivity contribution in [1.29, 1.82) is 0 Å². The highest BCUT2D eigenvalue weighted by molar-refractivity contribution is 6.04. The van der Waals surface area contributed by atoms with Crippen LogP contribution >= 0.6 is 0 Å². The van der Waals surface area contributed by atoms with Gasteiger partial charge in [0.2, 0.25) is 0 Å². The van der Waals surface area contributed by atoms with Crippen LogP contribution in [0.3, 0.4) is 0 Å². The van der Waals surface area contributed by atoms with E-state index >= 15 is 0 Å². The summed E-state index contributed by atoms with van der Waals surface area (Å²) < 4.78 is 0. The van der Waals surface area contributed by atoms with Crippen LogP contribution in [0.4, 0.5) is 11.4 Å². The number of aromatic nitrogens is 1. The molecule has 148 valence electrons. The number of hydrogen-bond acceptors (Lipinski definition) is 4. The van der Waals surface area contributed by atoms with Crippen molar-refractivity contribution in [3.05, 3.63) is 89.7 Å². The third kappa shape index (κ3) is 5.00. The fourth-order valence-electron chi connectivity index (χ4n) is 3.66. The molecule has 2 aromatic carbocycles. The number of amides is 1. The van der Waals surface area contributed by atoms with E-state index in [0.29, 0.717) is 5.56 Å². The highest BCUT2D eigenvalue weighted by atomic mass is 16.1. The first-order chi connectivity index (χ1) is 14.2. The molecular formula is C24H26N4O. The molecule has 1 amide bonds. The van der Waals surface area contributed by atoms with Crippen LogP contribution < -0.4 is 10.2 Å². The van der Waals surface area contributed by atoms with E-state index in [1.165, 1.54) is 5.56 Å². The Balaban J connectivity index is 1.37. The SMILES string of the molecule is Cc1cccc(NC(=O)c2cncc(N3CCN(Cc4ccccc4)CC3)c2)c1. The maximum atomic E-state index is 12.6. The highest BCUT2D eigenvalue weighted by Crippen LogP contribution is 2.19. The van der Waals surface area contributed by atoms with E-state index in [1.54, 1.807) is 6.20 Å². The fourth-order valence-corrected chi connectivity index (χ4v) is 3.66. The van der Waals surface area contributed by atoms with Gasteiger partial charge in [0.1, 0.15) is 0 Å². The van der Waals surface area contributed by atoms with Crippen LogP contribution in [0.1, 0.15) is 21.5 Å². The van der Waals surface area contributed by atoms with Gasteiger partial charge in [-0.15, -0.1) is 0 Å². The molecule has 4 rings (SSSR count). The van der Waals surface area contributed by atoms with Crippen molar-refractivity contribution in [2.24, 2.45) is 0 Å². The summed E-state index contributed by atoms with van der Waals surface area (Å²) in [6.45, 7) is 6.83. The molecule has 29 heavy (non-hydrogen) atoms. The minimum absolute atomic E-state index is 0.132. The predicted octanol–water partition coefficient (Wildman–Crippen LogP) is 3.96. The second-order valence-corrected chi connectivity index (χ2v) is 7.50. The molecular weight excluding hydrogens is 360 g/mol. The Kier molecular flexibility index (Phi) is 5.86. The first-order valence-electron chi connectivity index (χ1n) is 10.0. The molecule has 0 bridgehead atoms. The maximum Gasteiger partial charge on any atom is 0.257 e. The van der Waals surface area contributed by atoms with Crippen LogP contribution in [0.5, 0.6) is 0 Å². The van der Waals surface area contributed by atoms with Crippen LogP contribution in [0.15, 0.2) is 73.1 Å². The molecule has 0 radical (unpaired) electrons. The predicted molar refractivity (Wildman–Crippen MR) is 117 cm³/mol. The third-order valence-corrected chi connectivity index (χ3v) is 5.25. The van der Waals surface area contributed by atoms with Crippen molar-refractivity contribution < 1.29 is 4.79 Å². The summed E-state index contributed by atoms with van der Waals surface area (Å²) in [6.07, 6.45) is 3.47. The number of carbonyl (C=O) groups is 1. The van der Waals surface area contributed by atoms with Gasteiger partial charge < -0.3 is 10.2 Å². The number of hydrogen-bond donors (Lipinski definition) is 1. The Morgan fingerprint density at radius 1 is 0.966 bits per heavy atom. The number of anilines is 2. The lowest BCUT2D eigenvalue weighted by Crippen LogP contribution is -2.46. The highest BCUT2D eigenvalue weighted by Gasteiger charge is 2.18. The number of piperazine rings is 1. The number of nitrogens with one attached hydrogen (secondary N) is 1. The third-order valence-electron chi connectivity index (χ3n) is 5.25. The van der Waals surface area contributed by atoms with Crippen LogP contribution in [0.25, 0.3) is 0 Å². The van der Waals surface area contributed by atoms with Crippen molar-refractivity contribution >= 4 is 17.3 Å². The van der Waals surface area contributed by atoms with Crippen molar-refractivity contribution in [2.45, 2.75) is 13.5 Å². The first kappa shape index (κ1) is 19.2. The Labute approximate surface area is 172 Å². The molecule has 1 saturated heterocycles. The lowest BCUT2D eigenvalue weighted by molar-refractivity contribution is 0.102. The topological polar surface area (TPSA) is 48.5 Å². The summed E-state index contributed by atoms with van der Waals surface area (Å²) in [5.74, 6) is -0.132. The van der Waals surface area contributed by atoms with E-state index in [4.69, 9.17) is 0 Å². The van der Waals surface area contributed by atoms with Gasteiger partial charge in [-0.3, -0.25) is 14.7 Å². The monoisotopic (exact) mass is 386 g/mol. The molecule has 0 spiro atoms. The van der Waals surface area contributed by atoms with Crippen LogP contribution in [0.2, 0.25) is 0 Å². The minimum atomic E-state index is -0.132. The molecule has 1 aliphatic heterocycles. The fraction of sp³-hybridized carbons (Fsp3) is 0.250. The summed E-state index contributed by atoms with van der Waals surface area (Å²) >= 11 is 0. The largest absolute Gasteiger partial charge is 0.368 e. The summed E-state index contributed by atoms with van der Waals surface area (Å²) in [5, 5.41) is 2.96. The van der Waals surface area contributed by atoms with E-state index in [2.05, 4.69) is 50.4 Å². The van der Waals surface area contributed by atoms with E-state index < -0.39 is 0 Å². The molecule has 5 heteroatoms. The molecule has 1 aliphatic rings. The smallest absolute Gasteiger partial charge is 0.257 e. The normalized spacial score (nSPS) is 14.6. The van der Waals surface area contributed by atoms with Crippen molar-refractivity contribution in [3.8, 4) is 0 Å². The number of carbonyl (C=O) groups excluding carboxylic acids is 1. The Hall–Kier alpha value is -3.18. The van der Waals surface area contributed by atoms with E-state index in [1.807, 2.05) is 43.5 Å². The quantitative estimate of drug-likeness (QED) is 0.721. The van der Waals surface area contributed by atoms with Gasteiger partial charge in [-0.2, -0.15) is 0 Å². The van der Waals surface area contributed by atoms with Gasteiger partial charge >= 0.3 is 0 Å². The second kappa shape index (κ2) is 8.88. The number of aryl methyl sites for hydroxylation is 1. The molecule has 3 aromatic rings. The molecule has 2 heterocycles. The van der Waals surface area contributed by atoms with E-state index in [9.17, 15) is 4.79 Å². The molecule has 1 aromatic heterocycles. The molecule has 0 atom stereocenters. The average molecular weight is 386 g/mol. The number of nitrogens with zero attached hydrogens (tertiary/aromatic N) is 3. The Morgan fingerprint density at radius 3 is 2.52 bits per heavy atom. The van der Waals surface area contributed by atoms with E-state index in [-0.39, 0.29) is 5.91 Å². The van der Waals surface area contributed by atoms with Gasteiger partial charge in [0.15, 0.2) is 0 Å². The summed E-state index contributed by atoms with van der Waals surface area (Å²) in [7, 11) is 0. The Bertz CT molecular complexity index is 965. The summed E-state index contributed by atoms with van der Waals surface area (Å²) in [6, 6.07) is 20.3. The van der Waals surface area contributed by atoms with Crippen molar-refractivity contribution in [3.63, 3.8) is 0 Å². The first-order valence-corrected chi connectivity index (χ1v) is 10.0. The van der Waals surface area contributed by atoms with E-state index in [0.717, 1.165) is 49.7 Å². The van der Waals surface area contributed by atoms with Gasteiger partial charge in [0.25, 0.3) is 5.91 Å². The molecule has 5 nitrogen and oxygen atoms in total. The van der Waals surface area contributed by atoms with Crippen molar-refractivity contribution in [2.75, 3.05) is 36.4 Å². The summed E-state index contributed by atoms with van der Waals surface area (Å²) in [5.41, 5.74) is 4.84. The van der Waals surface area contributed by atoms with Crippen LogP contribution in [-0.2, 0) is 6.54 Å². The van der Waals surface area contributed by atoms with Gasteiger partial charge in [0, 0.05) is 44.6 Å². The van der Waals surface area contributed by atoms with Gasteiger partial charge in [0.05, 0.1) is 17.4 Å². The van der Waals surface area contributed by atoms with Gasteiger partial charge in [-0.1, -0.05) is 42.5 Å². The molecule has 0 saturated carbocycles. The lowest BCUT2D eigenvalue weighted by Gasteiger charge is -2.36. The van der Waals surface area contributed by atoms with Crippen molar-refractivity contribution in [1.82, 2.24) is 9.88 Å². The second-order valence-electron chi connectivity index (χ2n) is 7.50. The maximum absolute atomic E-state index is 12.6. The number of benzene rings is 2. The zero-order valence-corrected chi connectivity index (χ0v) is 16.7. The lowest BCUT2D eigenvalue weighted by atomic mass is 10.1. The van der Waals surface area contributed by atoms with Gasteiger partial charge in [-0.05, 0) is 36.2 Å². The molecule has 1 fully saturated rings.